The Hall–Kier alpha value is -7.94. The molecule has 7 nitrogen and oxygen atoms in total. The van der Waals surface area contributed by atoms with E-state index >= 15 is 0 Å². The summed E-state index contributed by atoms with van der Waals surface area (Å²) in [5, 5.41) is 38.8. The summed E-state index contributed by atoms with van der Waals surface area (Å²) < 4.78 is 0. The molecule has 0 unspecified atom stereocenters. The minimum absolute atomic E-state index is 0. The molecular formula is C61H51O7Ti-. The Morgan fingerprint density at radius 3 is 0.406 bits per heavy atom. The first-order valence-corrected chi connectivity index (χ1v) is 21.9. The number of carboxylic acid groups (broad SMARTS) is 3. The van der Waals surface area contributed by atoms with Crippen LogP contribution in [-0.4, -0.2) is 40.3 Å². The summed E-state index contributed by atoms with van der Waals surface area (Å²) in [6, 6.07) is 84.4. The van der Waals surface area contributed by atoms with Crippen molar-refractivity contribution in [1.29, 1.82) is 0 Å². The van der Waals surface area contributed by atoms with Gasteiger partial charge in [-0.25, -0.2) is 0 Å². The van der Waals surface area contributed by atoms with Gasteiger partial charge in [0.05, 0.1) is 0 Å². The van der Waals surface area contributed by atoms with Crippen LogP contribution in [0.15, 0.2) is 273 Å². The molecule has 0 spiro atoms. The summed E-state index contributed by atoms with van der Waals surface area (Å²) in [5.74, 6) is -2.64. The monoisotopic (exact) mass is 943 g/mol. The van der Waals surface area contributed by atoms with Crippen molar-refractivity contribution < 1.29 is 56.5 Å². The number of benzene rings is 9. The van der Waals surface area contributed by atoms with Crippen molar-refractivity contribution in [1.82, 2.24) is 0 Å². The maximum Gasteiger partial charge on any atom is 0.323 e. The molecule has 0 atom stereocenters. The van der Waals surface area contributed by atoms with E-state index in [9.17, 15) is 29.7 Å². The number of hydrogen-bond acceptors (Lipinski definition) is 4. The Kier molecular flexibility index (Phi) is 19.1. The Bertz CT molecular complexity index is 2290. The van der Waals surface area contributed by atoms with Gasteiger partial charge in [0.15, 0.2) is 0 Å². The van der Waals surface area contributed by atoms with Crippen molar-refractivity contribution in [3.63, 3.8) is 0 Å². The molecule has 69 heavy (non-hydrogen) atoms. The largest absolute Gasteiger partial charge is 0.857 e. The third kappa shape index (κ3) is 10.9. The first-order valence-electron chi connectivity index (χ1n) is 21.9. The first-order chi connectivity index (χ1) is 33.3. The SMILES string of the molecule is C[O-].O=C(O)C(c1ccccc1)(c1ccccc1)c1ccccc1.O=C(O)C(c1ccccc1)(c1ccccc1)c1ccccc1.O=C(O)C(c1ccccc1)(c1ccccc1)c1ccccc1.[Ti]. The summed E-state index contributed by atoms with van der Waals surface area (Å²) >= 11 is 0. The number of carbonyl (C=O) groups is 3. The molecule has 0 radical (unpaired) electrons. The Morgan fingerprint density at radius 1 is 0.246 bits per heavy atom. The second-order valence-corrected chi connectivity index (χ2v) is 15.5. The van der Waals surface area contributed by atoms with Crippen molar-refractivity contribution in [2.24, 2.45) is 0 Å². The predicted molar refractivity (Wildman–Crippen MR) is 266 cm³/mol. The molecule has 0 aliphatic heterocycles. The zero-order chi connectivity index (χ0) is 48.2. The van der Waals surface area contributed by atoms with Crippen LogP contribution >= 0.6 is 0 Å². The maximum atomic E-state index is 12.4. The van der Waals surface area contributed by atoms with Gasteiger partial charge in [0, 0.05) is 21.7 Å². The van der Waals surface area contributed by atoms with Crippen molar-refractivity contribution in [2.75, 3.05) is 7.11 Å². The third-order valence-electron chi connectivity index (χ3n) is 11.8. The normalized spacial score (nSPS) is 10.7. The zero-order valence-electron chi connectivity index (χ0n) is 38.0. The van der Waals surface area contributed by atoms with E-state index in [1.165, 1.54) is 0 Å². The van der Waals surface area contributed by atoms with E-state index in [-0.39, 0.29) is 21.7 Å². The smallest absolute Gasteiger partial charge is 0.323 e. The third-order valence-corrected chi connectivity index (χ3v) is 11.8. The summed E-state index contributed by atoms with van der Waals surface area (Å²) in [7, 11) is 0.750. The van der Waals surface area contributed by atoms with Gasteiger partial charge in [-0.2, -0.15) is 7.11 Å². The minimum Gasteiger partial charge on any atom is -0.857 e. The van der Waals surface area contributed by atoms with Crippen molar-refractivity contribution in [3.05, 3.63) is 323 Å². The van der Waals surface area contributed by atoms with E-state index in [0.29, 0.717) is 0 Å². The molecule has 9 aromatic carbocycles. The average Bonchev–Trinajstić information content (AvgIpc) is 3.41. The van der Waals surface area contributed by atoms with E-state index in [4.69, 9.17) is 5.11 Å². The zero-order valence-corrected chi connectivity index (χ0v) is 39.5. The van der Waals surface area contributed by atoms with Gasteiger partial charge in [-0.15, -0.1) is 0 Å². The number of hydrogen-bond donors (Lipinski definition) is 3. The van der Waals surface area contributed by atoms with E-state index in [0.717, 1.165) is 57.2 Å². The van der Waals surface area contributed by atoms with Crippen LogP contribution in [0.1, 0.15) is 50.1 Å². The van der Waals surface area contributed by atoms with Crippen LogP contribution in [0.5, 0.6) is 0 Å². The molecule has 9 rings (SSSR count). The Labute approximate surface area is 418 Å². The number of aliphatic carboxylic acids is 3. The molecule has 9 aromatic rings. The molecule has 0 aromatic heterocycles. The fourth-order valence-electron chi connectivity index (χ4n) is 8.80. The standard InChI is InChI=1S/3C20H16O2.CH3O.Ti/c3*21-19(22)20(16-10-4-1-5-11-16,17-12-6-2-7-13-17)18-14-8-3-9-15-18;1-2;/h3*1-15H,(H,21,22);1H3;/q;;;-1;. The molecule has 0 aliphatic carbocycles. The molecule has 0 amide bonds. The predicted octanol–water partition coefficient (Wildman–Crippen LogP) is 11.3. The Morgan fingerprint density at radius 2 is 0.333 bits per heavy atom. The topological polar surface area (TPSA) is 135 Å². The van der Waals surface area contributed by atoms with Gasteiger partial charge in [0.25, 0.3) is 0 Å². The van der Waals surface area contributed by atoms with E-state index in [2.05, 4.69) is 0 Å². The van der Waals surface area contributed by atoms with E-state index in [1.807, 2.05) is 273 Å². The average molecular weight is 944 g/mol. The molecule has 8 heteroatoms. The second kappa shape index (κ2) is 25.3. The fraction of sp³-hybridized carbons (Fsp3) is 0.0656. The fourth-order valence-corrected chi connectivity index (χ4v) is 8.80. The molecule has 0 bridgehead atoms. The number of rotatable bonds is 12. The van der Waals surface area contributed by atoms with E-state index < -0.39 is 34.2 Å². The summed E-state index contributed by atoms with van der Waals surface area (Å²) in [4.78, 5) is 37.3. The van der Waals surface area contributed by atoms with Crippen LogP contribution in [0, 0.1) is 0 Å². The van der Waals surface area contributed by atoms with Crippen LogP contribution in [0.2, 0.25) is 0 Å². The Balaban J connectivity index is 0.000000188. The van der Waals surface area contributed by atoms with Crippen LogP contribution in [0.4, 0.5) is 0 Å². The summed E-state index contributed by atoms with van der Waals surface area (Å²) in [6.45, 7) is 0. The molecule has 0 aliphatic rings. The van der Waals surface area contributed by atoms with Crippen molar-refractivity contribution >= 4 is 17.9 Å². The van der Waals surface area contributed by atoms with Crippen LogP contribution in [0.25, 0.3) is 0 Å². The second-order valence-electron chi connectivity index (χ2n) is 15.5. The quantitative estimate of drug-likeness (QED) is 0.0820. The van der Waals surface area contributed by atoms with Gasteiger partial charge < -0.3 is 20.4 Å². The molecule has 0 saturated heterocycles. The maximum absolute atomic E-state index is 12.4. The molecule has 0 heterocycles. The summed E-state index contributed by atoms with van der Waals surface area (Å²) in [5.41, 5.74) is 3.14. The molecule has 342 valence electrons. The van der Waals surface area contributed by atoms with Gasteiger partial charge in [-0.1, -0.05) is 273 Å². The van der Waals surface area contributed by atoms with Crippen LogP contribution in [0.3, 0.4) is 0 Å². The molecule has 3 N–H and O–H groups in total. The molecular weight excluding hydrogens is 893 g/mol. The van der Waals surface area contributed by atoms with Gasteiger partial charge in [0.1, 0.15) is 16.2 Å². The van der Waals surface area contributed by atoms with Gasteiger partial charge in [-0.05, 0) is 50.1 Å². The van der Waals surface area contributed by atoms with E-state index in [1.54, 1.807) is 0 Å². The van der Waals surface area contributed by atoms with Crippen molar-refractivity contribution in [2.45, 2.75) is 16.2 Å². The van der Waals surface area contributed by atoms with Crippen LogP contribution < -0.4 is 5.11 Å². The first kappa shape index (κ1) is 52.0. The van der Waals surface area contributed by atoms with Gasteiger partial charge in [-0.3, -0.25) is 14.4 Å². The number of carboxylic acids is 3. The molecule has 0 saturated carbocycles. The van der Waals surface area contributed by atoms with Crippen LogP contribution in [-0.2, 0) is 52.3 Å². The minimum atomic E-state index is -1.20. The molecule has 0 fully saturated rings. The summed E-state index contributed by atoms with van der Waals surface area (Å²) in [6.07, 6.45) is 0. The van der Waals surface area contributed by atoms with Gasteiger partial charge in [0.2, 0.25) is 0 Å². The van der Waals surface area contributed by atoms with Crippen molar-refractivity contribution in [3.8, 4) is 0 Å². The van der Waals surface area contributed by atoms with Gasteiger partial charge >= 0.3 is 17.9 Å².